The zero-order valence-electron chi connectivity index (χ0n) is 15.0. The van der Waals surface area contributed by atoms with Crippen LogP contribution >= 0.6 is 0 Å². The number of nitrogens with zero attached hydrogens (tertiary/aromatic N) is 1. The van der Waals surface area contributed by atoms with Crippen molar-refractivity contribution in [1.82, 2.24) is 4.90 Å². The maximum Gasteiger partial charge on any atom is 0.336 e. The van der Waals surface area contributed by atoms with Gasteiger partial charge in [0.25, 0.3) is 0 Å². The third kappa shape index (κ3) is 3.16. The molecule has 0 aliphatic carbocycles. The minimum atomic E-state index is -0.628. The second-order valence-electron chi connectivity index (χ2n) is 5.94. The van der Waals surface area contributed by atoms with Crippen LogP contribution in [0.4, 0.5) is 0 Å². The van der Waals surface area contributed by atoms with Crippen LogP contribution in [0, 0.1) is 11.8 Å². The second-order valence-corrected chi connectivity index (χ2v) is 5.94. The van der Waals surface area contributed by atoms with E-state index in [1.54, 1.807) is 13.3 Å². The zero-order valence-corrected chi connectivity index (χ0v) is 15.0. The molecule has 2 aliphatic heterocycles. The smallest absolute Gasteiger partial charge is 0.336 e. The molecule has 2 heterocycles. The summed E-state index contributed by atoms with van der Waals surface area (Å²) in [7, 11) is 4.76. The van der Waals surface area contributed by atoms with E-state index in [9.17, 15) is 9.90 Å². The summed E-state index contributed by atoms with van der Waals surface area (Å²) in [5.41, 5.74) is 2.06. The Balaban J connectivity index is 2.28. The van der Waals surface area contributed by atoms with Crippen LogP contribution in [0.1, 0.15) is 17.0 Å². The lowest BCUT2D eigenvalue weighted by molar-refractivity contribution is -0.136. The Morgan fingerprint density at radius 3 is 2.92 bits per heavy atom. The van der Waals surface area contributed by atoms with E-state index >= 15 is 0 Å². The largest absolute Gasteiger partial charge is 0.492 e. The highest BCUT2D eigenvalue weighted by Crippen LogP contribution is 2.49. The lowest BCUT2D eigenvalue weighted by atomic mass is 9.85. The Hall–Kier alpha value is -2.85. The Kier molecular flexibility index (Phi) is 5.24. The van der Waals surface area contributed by atoms with Crippen molar-refractivity contribution in [2.75, 3.05) is 41.2 Å². The SMILES string of the molecule is COC(=O)/C1=C/N(C)CCc2cc3c(c(OC)c2C1C#CCO)OCO3. The number of fused-ring (bicyclic) bond motifs is 2. The molecule has 0 radical (unpaired) electrons. The van der Waals surface area contributed by atoms with Gasteiger partial charge in [-0.25, -0.2) is 4.79 Å². The molecule has 1 N–H and O–H groups in total. The number of aliphatic hydroxyl groups is 1. The summed E-state index contributed by atoms with van der Waals surface area (Å²) < 4.78 is 21.7. The van der Waals surface area contributed by atoms with Gasteiger partial charge < -0.3 is 29.0 Å². The van der Waals surface area contributed by atoms with E-state index < -0.39 is 11.9 Å². The Labute approximate surface area is 152 Å². The molecule has 0 amide bonds. The van der Waals surface area contributed by atoms with E-state index in [0.717, 1.165) is 11.1 Å². The predicted octanol–water partition coefficient (Wildman–Crippen LogP) is 1.05. The predicted molar refractivity (Wildman–Crippen MR) is 93.2 cm³/mol. The topological polar surface area (TPSA) is 77.5 Å². The lowest BCUT2D eigenvalue weighted by Crippen LogP contribution is -2.24. The van der Waals surface area contributed by atoms with E-state index in [1.165, 1.54) is 7.11 Å². The van der Waals surface area contributed by atoms with E-state index in [-0.39, 0.29) is 13.4 Å². The Bertz CT molecular complexity index is 804. The van der Waals surface area contributed by atoms with Crippen molar-refractivity contribution in [1.29, 1.82) is 0 Å². The van der Waals surface area contributed by atoms with Gasteiger partial charge >= 0.3 is 5.97 Å². The average Bonchev–Trinajstić information content (AvgIpc) is 3.11. The molecule has 7 heteroatoms. The number of hydrogen-bond donors (Lipinski definition) is 1. The molecule has 0 saturated heterocycles. The molecular weight excluding hydrogens is 338 g/mol. The van der Waals surface area contributed by atoms with Crippen molar-refractivity contribution in [2.24, 2.45) is 0 Å². The van der Waals surface area contributed by atoms with Crippen molar-refractivity contribution in [2.45, 2.75) is 12.3 Å². The molecule has 0 aromatic heterocycles. The van der Waals surface area contributed by atoms with E-state index in [1.807, 2.05) is 18.0 Å². The van der Waals surface area contributed by atoms with Crippen LogP contribution in [-0.4, -0.2) is 57.2 Å². The van der Waals surface area contributed by atoms with Crippen LogP contribution in [0.3, 0.4) is 0 Å². The number of benzene rings is 1. The number of carbonyl (C=O) groups excluding carboxylic acids is 1. The van der Waals surface area contributed by atoms with Gasteiger partial charge in [-0.1, -0.05) is 11.8 Å². The van der Waals surface area contributed by atoms with Gasteiger partial charge in [0.1, 0.15) is 6.61 Å². The number of methoxy groups -OCH3 is 2. The number of rotatable bonds is 2. The quantitative estimate of drug-likeness (QED) is 0.625. The molecule has 7 nitrogen and oxygen atoms in total. The summed E-state index contributed by atoms with van der Waals surface area (Å²) in [5, 5.41) is 9.19. The summed E-state index contributed by atoms with van der Waals surface area (Å²) in [6.45, 7) is 0.487. The number of likely N-dealkylation sites (N-methyl/N-ethyl adjacent to an activating group) is 1. The fourth-order valence-electron chi connectivity index (χ4n) is 3.22. The third-order valence-electron chi connectivity index (χ3n) is 4.39. The summed E-state index contributed by atoms with van der Waals surface area (Å²) in [6.07, 6.45) is 2.44. The summed E-state index contributed by atoms with van der Waals surface area (Å²) in [6, 6.07) is 1.90. The third-order valence-corrected chi connectivity index (χ3v) is 4.39. The molecule has 3 rings (SSSR count). The number of esters is 1. The Morgan fingerprint density at radius 2 is 2.23 bits per heavy atom. The van der Waals surface area contributed by atoms with Crippen molar-refractivity contribution in [3.63, 3.8) is 0 Å². The summed E-state index contributed by atoms with van der Waals surface area (Å²) >= 11 is 0. The molecule has 0 fully saturated rings. The highest BCUT2D eigenvalue weighted by atomic mass is 16.7. The monoisotopic (exact) mass is 359 g/mol. The van der Waals surface area contributed by atoms with Gasteiger partial charge in [0.05, 0.1) is 25.7 Å². The van der Waals surface area contributed by atoms with Gasteiger partial charge in [-0.3, -0.25) is 0 Å². The minimum Gasteiger partial charge on any atom is -0.492 e. The highest BCUT2D eigenvalue weighted by molar-refractivity contribution is 5.91. The van der Waals surface area contributed by atoms with Crippen LogP contribution in [0.5, 0.6) is 17.2 Å². The molecule has 138 valence electrons. The first-order chi connectivity index (χ1) is 12.6. The van der Waals surface area contributed by atoms with Crippen molar-refractivity contribution in [3.05, 3.63) is 29.0 Å². The van der Waals surface area contributed by atoms with Crippen molar-refractivity contribution >= 4 is 5.97 Å². The molecular formula is C19H21NO6. The number of ether oxygens (including phenoxy) is 4. The van der Waals surface area contributed by atoms with Crippen LogP contribution in [0.15, 0.2) is 17.8 Å². The standard InChI is InChI=1S/C19H21NO6/c1-20-7-6-12-9-15-17(26-11-25-15)18(23-2)16(12)13(5-4-8-21)14(10-20)19(22)24-3/h9-10,13,21H,6-8,11H2,1-3H3/b14-10+. The number of aliphatic hydroxyl groups excluding tert-OH is 1. The molecule has 0 spiro atoms. The highest BCUT2D eigenvalue weighted by Gasteiger charge is 2.34. The maximum atomic E-state index is 12.4. The molecule has 26 heavy (non-hydrogen) atoms. The van der Waals surface area contributed by atoms with Crippen LogP contribution in [-0.2, 0) is 16.0 Å². The first-order valence-electron chi connectivity index (χ1n) is 8.19. The fraction of sp³-hybridized carbons (Fsp3) is 0.421. The van der Waals surface area contributed by atoms with Crippen molar-refractivity contribution in [3.8, 4) is 29.1 Å². The molecule has 0 bridgehead atoms. The second kappa shape index (κ2) is 7.58. The molecule has 1 atom stereocenters. The van der Waals surface area contributed by atoms with Crippen LogP contribution in [0.25, 0.3) is 0 Å². The molecule has 1 aromatic rings. The molecule has 1 aromatic carbocycles. The minimum absolute atomic E-state index is 0.112. The van der Waals surface area contributed by atoms with Gasteiger partial charge in [-0.2, -0.15) is 0 Å². The van der Waals surface area contributed by atoms with Crippen LogP contribution in [0.2, 0.25) is 0 Å². The van der Waals surface area contributed by atoms with E-state index in [4.69, 9.17) is 18.9 Å². The normalized spacial score (nSPS) is 19.9. The Morgan fingerprint density at radius 1 is 1.42 bits per heavy atom. The van der Waals surface area contributed by atoms with Gasteiger partial charge in [0.15, 0.2) is 11.5 Å². The van der Waals surface area contributed by atoms with Crippen molar-refractivity contribution < 1.29 is 28.8 Å². The van der Waals surface area contributed by atoms with Gasteiger partial charge in [0, 0.05) is 25.4 Å². The van der Waals surface area contributed by atoms with Gasteiger partial charge in [-0.05, 0) is 18.1 Å². The zero-order chi connectivity index (χ0) is 18.7. The van der Waals surface area contributed by atoms with E-state index in [0.29, 0.717) is 35.8 Å². The molecule has 2 aliphatic rings. The van der Waals surface area contributed by atoms with E-state index in [2.05, 4.69) is 11.8 Å². The average molecular weight is 359 g/mol. The first-order valence-corrected chi connectivity index (χ1v) is 8.19. The first kappa shape index (κ1) is 18.0. The molecule has 0 saturated carbocycles. The molecule has 1 unspecified atom stereocenters. The maximum absolute atomic E-state index is 12.4. The summed E-state index contributed by atoms with van der Waals surface area (Å²) in [4.78, 5) is 14.4. The fourth-order valence-corrected chi connectivity index (χ4v) is 3.22. The number of hydrogen-bond acceptors (Lipinski definition) is 7. The summed E-state index contributed by atoms with van der Waals surface area (Å²) in [5.74, 6) is 6.13. The van der Waals surface area contributed by atoms with Gasteiger partial charge in [-0.15, -0.1) is 0 Å². The van der Waals surface area contributed by atoms with Gasteiger partial charge in [0.2, 0.25) is 12.5 Å². The lowest BCUT2D eigenvalue weighted by Gasteiger charge is -2.27. The van der Waals surface area contributed by atoms with Crippen LogP contribution < -0.4 is 14.2 Å². The number of carbonyl (C=O) groups is 1.